The first kappa shape index (κ1) is 14.4. The van der Waals surface area contributed by atoms with Gasteiger partial charge in [0.05, 0.1) is 24.5 Å². The zero-order chi connectivity index (χ0) is 14.4. The van der Waals surface area contributed by atoms with E-state index in [9.17, 15) is 0 Å². The van der Waals surface area contributed by atoms with E-state index in [1.165, 1.54) is 11.3 Å². The zero-order valence-electron chi connectivity index (χ0n) is 12.5. The normalized spacial score (nSPS) is 10.6. The Morgan fingerprint density at radius 2 is 2.10 bits per heavy atom. The number of hydrogen-bond donors (Lipinski definition) is 1. The van der Waals surface area contributed by atoms with Crippen LogP contribution in [0.3, 0.4) is 0 Å². The number of hydrogen-bond acceptors (Lipinski definition) is 3. The summed E-state index contributed by atoms with van der Waals surface area (Å²) in [6.07, 6.45) is 2.94. The monoisotopic (exact) mass is 273 g/mol. The molecule has 0 atom stereocenters. The minimum absolute atomic E-state index is 0.673. The maximum Gasteiger partial charge on any atom is 0.142 e. The third-order valence-corrected chi connectivity index (χ3v) is 3.14. The molecule has 1 N–H and O–H groups in total. The molecule has 0 aliphatic rings. The van der Waals surface area contributed by atoms with E-state index in [-0.39, 0.29) is 0 Å². The summed E-state index contributed by atoms with van der Waals surface area (Å²) in [4.78, 5) is 0. The van der Waals surface area contributed by atoms with Gasteiger partial charge in [-0.1, -0.05) is 13.0 Å². The van der Waals surface area contributed by atoms with Gasteiger partial charge in [-0.15, -0.1) is 0 Å². The minimum Gasteiger partial charge on any atom is -0.492 e. The van der Waals surface area contributed by atoms with E-state index < -0.39 is 0 Å². The second-order valence-electron chi connectivity index (χ2n) is 4.83. The number of anilines is 1. The fourth-order valence-electron chi connectivity index (χ4n) is 2.16. The van der Waals surface area contributed by atoms with Crippen molar-refractivity contribution in [1.82, 2.24) is 9.78 Å². The molecule has 0 fully saturated rings. The smallest absolute Gasteiger partial charge is 0.142 e. The van der Waals surface area contributed by atoms with Gasteiger partial charge in [0.1, 0.15) is 5.75 Å². The molecule has 0 aliphatic carbocycles. The molecule has 0 amide bonds. The van der Waals surface area contributed by atoms with Crippen LogP contribution in [-0.2, 0) is 13.1 Å². The summed E-state index contributed by atoms with van der Waals surface area (Å²) >= 11 is 0. The van der Waals surface area contributed by atoms with Crippen LogP contribution in [0.2, 0.25) is 0 Å². The molecular weight excluding hydrogens is 250 g/mol. The Labute approximate surface area is 120 Å². The summed E-state index contributed by atoms with van der Waals surface area (Å²) in [5.74, 6) is 0.911. The third-order valence-electron chi connectivity index (χ3n) is 3.14. The van der Waals surface area contributed by atoms with Gasteiger partial charge in [0.15, 0.2) is 0 Å². The Morgan fingerprint density at radius 1 is 1.25 bits per heavy atom. The van der Waals surface area contributed by atoms with E-state index in [0.717, 1.165) is 30.9 Å². The number of nitrogens with one attached hydrogen (secondary N) is 1. The molecular formula is C16H23N3O. The van der Waals surface area contributed by atoms with Crippen LogP contribution in [0.25, 0.3) is 0 Å². The average Bonchev–Trinajstić information content (AvgIpc) is 2.86. The van der Waals surface area contributed by atoms with Crippen molar-refractivity contribution in [3.8, 4) is 5.75 Å². The van der Waals surface area contributed by atoms with Gasteiger partial charge in [-0.05, 0) is 44.0 Å². The summed E-state index contributed by atoms with van der Waals surface area (Å²) in [7, 11) is 0. The van der Waals surface area contributed by atoms with E-state index >= 15 is 0 Å². The first-order valence-electron chi connectivity index (χ1n) is 7.22. The van der Waals surface area contributed by atoms with Crippen LogP contribution in [0, 0.1) is 6.92 Å². The summed E-state index contributed by atoms with van der Waals surface area (Å²) in [6, 6.07) is 8.28. The largest absolute Gasteiger partial charge is 0.492 e. The lowest BCUT2D eigenvalue weighted by molar-refractivity contribution is 0.341. The highest BCUT2D eigenvalue weighted by Gasteiger charge is 2.06. The molecule has 0 saturated heterocycles. The molecule has 1 heterocycles. The fourth-order valence-corrected chi connectivity index (χ4v) is 2.16. The highest BCUT2D eigenvalue weighted by atomic mass is 16.5. The van der Waals surface area contributed by atoms with Crippen LogP contribution >= 0.6 is 0 Å². The van der Waals surface area contributed by atoms with Crippen LogP contribution in [0.15, 0.2) is 30.5 Å². The lowest BCUT2D eigenvalue weighted by atomic mass is 10.2. The van der Waals surface area contributed by atoms with E-state index in [4.69, 9.17) is 4.74 Å². The van der Waals surface area contributed by atoms with Crippen molar-refractivity contribution < 1.29 is 4.74 Å². The number of ether oxygens (including phenoxy) is 1. The van der Waals surface area contributed by atoms with Crippen molar-refractivity contribution in [1.29, 1.82) is 0 Å². The second kappa shape index (κ2) is 6.98. The van der Waals surface area contributed by atoms with Gasteiger partial charge in [-0.25, -0.2) is 0 Å². The topological polar surface area (TPSA) is 39.1 Å². The van der Waals surface area contributed by atoms with Crippen molar-refractivity contribution in [2.45, 2.75) is 40.3 Å². The Bertz CT molecular complexity index is 548. The molecule has 0 radical (unpaired) electrons. The van der Waals surface area contributed by atoms with E-state index in [1.54, 1.807) is 0 Å². The SMILES string of the molecule is CCCn1nccc1CNc1ccc(C)cc1OCC. The molecule has 0 bridgehead atoms. The van der Waals surface area contributed by atoms with Gasteiger partial charge in [-0.2, -0.15) is 5.10 Å². The predicted octanol–water partition coefficient (Wildman–Crippen LogP) is 3.61. The van der Waals surface area contributed by atoms with Crippen molar-refractivity contribution in [3.63, 3.8) is 0 Å². The van der Waals surface area contributed by atoms with E-state index in [0.29, 0.717) is 6.61 Å². The molecule has 4 heteroatoms. The van der Waals surface area contributed by atoms with E-state index in [1.807, 2.05) is 17.8 Å². The van der Waals surface area contributed by atoms with Gasteiger partial charge in [0, 0.05) is 12.7 Å². The molecule has 1 aromatic heterocycles. The fraction of sp³-hybridized carbons (Fsp3) is 0.438. The molecule has 0 saturated carbocycles. The number of rotatable bonds is 7. The molecule has 0 unspecified atom stereocenters. The Hall–Kier alpha value is -1.97. The van der Waals surface area contributed by atoms with Crippen molar-refractivity contribution in [2.75, 3.05) is 11.9 Å². The molecule has 20 heavy (non-hydrogen) atoms. The summed E-state index contributed by atoms with van der Waals surface area (Å²) in [5, 5.41) is 7.78. The second-order valence-corrected chi connectivity index (χ2v) is 4.83. The molecule has 2 aromatic rings. The molecule has 2 rings (SSSR count). The maximum atomic E-state index is 5.68. The third kappa shape index (κ3) is 3.53. The van der Waals surface area contributed by atoms with E-state index in [2.05, 4.69) is 48.5 Å². The average molecular weight is 273 g/mol. The van der Waals surface area contributed by atoms with Gasteiger partial charge >= 0.3 is 0 Å². The highest BCUT2D eigenvalue weighted by molar-refractivity contribution is 5.57. The lowest BCUT2D eigenvalue weighted by Crippen LogP contribution is -2.09. The Balaban J connectivity index is 2.08. The Kier molecular flexibility index (Phi) is 5.04. The highest BCUT2D eigenvalue weighted by Crippen LogP contribution is 2.26. The number of aromatic nitrogens is 2. The molecule has 1 aromatic carbocycles. The predicted molar refractivity (Wildman–Crippen MR) is 82.2 cm³/mol. The Morgan fingerprint density at radius 3 is 2.85 bits per heavy atom. The maximum absolute atomic E-state index is 5.68. The van der Waals surface area contributed by atoms with Crippen molar-refractivity contribution in [2.24, 2.45) is 0 Å². The molecule has 0 aliphatic heterocycles. The summed E-state index contributed by atoms with van der Waals surface area (Å²) in [6.45, 7) is 8.61. The number of benzene rings is 1. The molecule has 0 spiro atoms. The van der Waals surface area contributed by atoms with Crippen molar-refractivity contribution >= 4 is 5.69 Å². The van der Waals surface area contributed by atoms with Crippen LogP contribution < -0.4 is 10.1 Å². The first-order chi connectivity index (χ1) is 9.74. The van der Waals surface area contributed by atoms with Crippen LogP contribution in [0.4, 0.5) is 5.69 Å². The van der Waals surface area contributed by atoms with Gasteiger partial charge in [0.2, 0.25) is 0 Å². The van der Waals surface area contributed by atoms with Gasteiger partial charge in [0.25, 0.3) is 0 Å². The first-order valence-corrected chi connectivity index (χ1v) is 7.22. The van der Waals surface area contributed by atoms with Crippen LogP contribution in [-0.4, -0.2) is 16.4 Å². The molecule has 108 valence electrons. The van der Waals surface area contributed by atoms with Crippen molar-refractivity contribution in [3.05, 3.63) is 41.7 Å². The van der Waals surface area contributed by atoms with Crippen LogP contribution in [0.5, 0.6) is 5.75 Å². The van der Waals surface area contributed by atoms with Crippen LogP contribution in [0.1, 0.15) is 31.5 Å². The van der Waals surface area contributed by atoms with Gasteiger partial charge < -0.3 is 10.1 Å². The zero-order valence-corrected chi connectivity index (χ0v) is 12.5. The standard InChI is InChI=1S/C16H23N3O/c1-4-10-19-14(8-9-18-19)12-17-15-7-6-13(3)11-16(15)20-5-2/h6-9,11,17H,4-5,10,12H2,1-3H3. The lowest BCUT2D eigenvalue weighted by Gasteiger charge is -2.14. The number of nitrogens with zero attached hydrogens (tertiary/aromatic N) is 2. The summed E-state index contributed by atoms with van der Waals surface area (Å²) < 4.78 is 7.72. The quantitative estimate of drug-likeness (QED) is 0.837. The van der Waals surface area contributed by atoms with Gasteiger partial charge in [-0.3, -0.25) is 4.68 Å². The summed E-state index contributed by atoms with van der Waals surface area (Å²) in [5.41, 5.74) is 3.42. The molecule has 4 nitrogen and oxygen atoms in total. The minimum atomic E-state index is 0.673. The number of aryl methyl sites for hydroxylation is 2.